The van der Waals surface area contributed by atoms with Gasteiger partial charge in [0.15, 0.2) is 0 Å². The maximum atomic E-state index is 13.7. The van der Waals surface area contributed by atoms with Gasteiger partial charge in [-0.1, -0.05) is 40.7 Å². The molecule has 1 aliphatic carbocycles. The molecule has 4 rings (SSSR count). The molecule has 1 aromatic carbocycles. The number of carbonyl (C=O) groups excluding carboxylic acids is 4. The summed E-state index contributed by atoms with van der Waals surface area (Å²) in [5.74, 6) is -4.93. The molecule has 0 bridgehead atoms. The van der Waals surface area contributed by atoms with Crippen molar-refractivity contribution in [1.29, 1.82) is 5.26 Å². The van der Waals surface area contributed by atoms with Gasteiger partial charge >= 0.3 is 12.1 Å². The average Bonchev–Trinajstić information content (AvgIpc) is 3.14. The molecule has 2 fully saturated rings. The summed E-state index contributed by atoms with van der Waals surface area (Å²) in [6.45, 7) is 12.5. The number of rotatable bonds is 6. The van der Waals surface area contributed by atoms with Gasteiger partial charge in [-0.3, -0.25) is 19.2 Å². The van der Waals surface area contributed by atoms with E-state index in [1.54, 1.807) is 0 Å². The lowest BCUT2D eigenvalue weighted by atomic mass is 9.85. The van der Waals surface area contributed by atoms with Gasteiger partial charge < -0.3 is 20.9 Å². The first-order valence-corrected chi connectivity index (χ1v) is 13.6. The van der Waals surface area contributed by atoms with E-state index < -0.39 is 53.4 Å². The highest BCUT2D eigenvalue weighted by Crippen LogP contribution is 2.65. The van der Waals surface area contributed by atoms with Crippen LogP contribution in [0.15, 0.2) is 12.1 Å². The molecule has 0 radical (unpaired) electrons. The standard InChI is InChI=1S/C29H36F3N5O4/c1-13-8-16-17(23(38)35-19(16)9-14(13)2)10-15(11-33)34-24(39)21-20-18(28(20,6)7)12-37(21)25(40)22(27(3,4)5)36-26(41)29(30,31)32/h8-9,15,17-18,20-22H,10,12H2,1-7H3,(H,34,39)(H,35,38)(H,36,41)/t15-,17?,18-,20+,21-,22+/m0/s1. The van der Waals surface area contributed by atoms with Gasteiger partial charge in [0.2, 0.25) is 17.7 Å². The predicted molar refractivity (Wildman–Crippen MR) is 143 cm³/mol. The fourth-order valence-corrected chi connectivity index (χ4v) is 6.31. The van der Waals surface area contributed by atoms with E-state index in [2.05, 4.69) is 10.6 Å². The molecule has 41 heavy (non-hydrogen) atoms. The molecule has 9 nitrogen and oxygen atoms in total. The summed E-state index contributed by atoms with van der Waals surface area (Å²) in [6.07, 6.45) is -5.17. The summed E-state index contributed by atoms with van der Waals surface area (Å²) in [6, 6.07) is 2.16. The quantitative estimate of drug-likeness (QED) is 0.479. The molecule has 0 spiro atoms. The lowest BCUT2D eigenvalue weighted by Crippen LogP contribution is -2.61. The van der Waals surface area contributed by atoms with E-state index in [0.29, 0.717) is 5.69 Å². The van der Waals surface area contributed by atoms with Crippen molar-refractivity contribution in [2.45, 2.75) is 85.1 Å². The number of piperidine rings is 1. The highest BCUT2D eigenvalue weighted by Gasteiger charge is 2.70. The normalized spacial score (nSPS) is 25.8. The number of aryl methyl sites for hydroxylation is 2. The third kappa shape index (κ3) is 5.51. The molecular weight excluding hydrogens is 539 g/mol. The van der Waals surface area contributed by atoms with E-state index >= 15 is 0 Å². The molecule has 3 N–H and O–H groups in total. The Hall–Kier alpha value is -3.62. The van der Waals surface area contributed by atoms with Crippen molar-refractivity contribution < 1.29 is 32.3 Å². The highest BCUT2D eigenvalue weighted by atomic mass is 19.4. The second kappa shape index (κ2) is 10.0. The van der Waals surface area contributed by atoms with Crippen LogP contribution in [0.2, 0.25) is 0 Å². The zero-order valence-electron chi connectivity index (χ0n) is 24.2. The Labute approximate surface area is 237 Å². The molecule has 2 aliphatic heterocycles. The summed E-state index contributed by atoms with van der Waals surface area (Å²) < 4.78 is 39.2. The van der Waals surface area contributed by atoms with Gasteiger partial charge in [0, 0.05) is 12.2 Å². The van der Waals surface area contributed by atoms with Gasteiger partial charge in [0.05, 0.1) is 12.0 Å². The number of nitrogens with zero attached hydrogens (tertiary/aromatic N) is 2. The SMILES string of the molecule is Cc1cc2c(cc1C)C(C[C@@H](C#N)NC(=O)[C@@H]1[C@H]3[C@H](CN1C(=O)[C@@H](NC(=O)C(F)(F)F)C(C)(C)C)C3(C)C)C(=O)N2. The largest absolute Gasteiger partial charge is 0.471 e. The van der Waals surface area contributed by atoms with Crippen LogP contribution in [-0.4, -0.2) is 59.4 Å². The lowest BCUT2D eigenvalue weighted by Gasteiger charge is -2.37. The van der Waals surface area contributed by atoms with Gasteiger partial charge in [-0.15, -0.1) is 0 Å². The number of likely N-dealkylation sites (tertiary alicyclic amines) is 1. The van der Waals surface area contributed by atoms with Crippen LogP contribution in [0.4, 0.5) is 18.9 Å². The molecule has 0 aromatic heterocycles. The van der Waals surface area contributed by atoms with Crippen LogP contribution < -0.4 is 16.0 Å². The van der Waals surface area contributed by atoms with Crippen molar-refractivity contribution in [2.24, 2.45) is 22.7 Å². The maximum absolute atomic E-state index is 13.7. The molecule has 1 unspecified atom stereocenters. The first-order chi connectivity index (χ1) is 18.8. The number of amides is 4. The lowest BCUT2D eigenvalue weighted by molar-refractivity contribution is -0.176. The number of nitrogens with one attached hydrogen (secondary N) is 3. The van der Waals surface area contributed by atoms with Gasteiger partial charge in [0.25, 0.3) is 0 Å². The summed E-state index contributed by atoms with van der Waals surface area (Å²) in [4.78, 5) is 53.1. The fraction of sp³-hybridized carbons (Fsp3) is 0.621. The minimum atomic E-state index is -5.18. The van der Waals surface area contributed by atoms with Crippen LogP contribution in [0.3, 0.4) is 0 Å². The predicted octanol–water partition coefficient (Wildman–Crippen LogP) is 3.31. The smallest absolute Gasteiger partial charge is 0.339 e. The number of nitriles is 1. The van der Waals surface area contributed by atoms with Crippen molar-refractivity contribution >= 4 is 29.3 Å². The van der Waals surface area contributed by atoms with Crippen molar-refractivity contribution in [1.82, 2.24) is 15.5 Å². The van der Waals surface area contributed by atoms with Crippen molar-refractivity contribution in [2.75, 3.05) is 11.9 Å². The van der Waals surface area contributed by atoms with Gasteiger partial charge in [-0.05, 0) is 65.7 Å². The minimum absolute atomic E-state index is 0.00792. The summed E-state index contributed by atoms with van der Waals surface area (Å²) in [7, 11) is 0. The summed E-state index contributed by atoms with van der Waals surface area (Å²) in [5.41, 5.74) is 2.00. The number of hydrogen-bond donors (Lipinski definition) is 3. The zero-order chi connectivity index (χ0) is 30.8. The van der Waals surface area contributed by atoms with Crippen LogP contribution >= 0.6 is 0 Å². The maximum Gasteiger partial charge on any atom is 0.471 e. The van der Waals surface area contributed by atoms with Gasteiger partial charge in [-0.2, -0.15) is 18.4 Å². The second-order valence-corrected chi connectivity index (χ2v) is 13.2. The molecule has 4 amide bonds. The third-order valence-corrected chi connectivity index (χ3v) is 8.97. The van der Waals surface area contributed by atoms with E-state index in [1.165, 1.54) is 25.7 Å². The van der Waals surface area contributed by atoms with Crippen LogP contribution in [0.1, 0.15) is 63.6 Å². The Morgan fingerprint density at radius 2 is 1.76 bits per heavy atom. The molecular formula is C29H36F3N5O4. The van der Waals surface area contributed by atoms with E-state index in [9.17, 15) is 37.6 Å². The second-order valence-electron chi connectivity index (χ2n) is 13.2. The van der Waals surface area contributed by atoms with Crippen LogP contribution in [-0.2, 0) is 19.2 Å². The molecule has 12 heteroatoms. The van der Waals surface area contributed by atoms with E-state index in [-0.39, 0.29) is 36.1 Å². The van der Waals surface area contributed by atoms with Crippen LogP contribution in [0.5, 0.6) is 0 Å². The Morgan fingerprint density at radius 1 is 1.15 bits per heavy atom. The van der Waals surface area contributed by atoms with E-state index in [4.69, 9.17) is 0 Å². The molecule has 1 saturated carbocycles. The van der Waals surface area contributed by atoms with E-state index in [1.807, 2.05) is 51.2 Å². The van der Waals surface area contributed by atoms with Crippen LogP contribution in [0, 0.1) is 47.8 Å². The van der Waals surface area contributed by atoms with Crippen molar-refractivity contribution in [3.8, 4) is 6.07 Å². The summed E-state index contributed by atoms with van der Waals surface area (Å²) >= 11 is 0. The number of alkyl halides is 3. The van der Waals surface area contributed by atoms with Crippen molar-refractivity contribution in [3.05, 3.63) is 28.8 Å². The van der Waals surface area contributed by atoms with E-state index in [0.717, 1.165) is 16.7 Å². The molecule has 222 valence electrons. The highest BCUT2D eigenvalue weighted by molar-refractivity contribution is 6.03. The Morgan fingerprint density at radius 3 is 2.32 bits per heavy atom. The average molecular weight is 576 g/mol. The zero-order valence-corrected chi connectivity index (χ0v) is 24.2. The molecule has 1 aromatic rings. The number of benzene rings is 1. The van der Waals surface area contributed by atoms with Crippen molar-refractivity contribution in [3.63, 3.8) is 0 Å². The molecule has 2 heterocycles. The number of hydrogen-bond acceptors (Lipinski definition) is 5. The molecule has 6 atom stereocenters. The number of halogens is 3. The third-order valence-electron chi connectivity index (χ3n) is 8.97. The van der Waals surface area contributed by atoms with Gasteiger partial charge in [-0.25, -0.2) is 0 Å². The monoisotopic (exact) mass is 575 g/mol. The number of fused-ring (bicyclic) bond motifs is 2. The first-order valence-electron chi connectivity index (χ1n) is 13.6. The number of anilines is 1. The van der Waals surface area contributed by atoms with Gasteiger partial charge in [0.1, 0.15) is 18.1 Å². The van der Waals surface area contributed by atoms with Crippen LogP contribution in [0.25, 0.3) is 0 Å². The first kappa shape index (κ1) is 30.3. The fourth-order valence-electron chi connectivity index (χ4n) is 6.31. The Balaban J connectivity index is 1.55. The number of carbonyl (C=O) groups is 4. The Bertz CT molecular complexity index is 1340. The summed E-state index contributed by atoms with van der Waals surface area (Å²) in [5, 5.41) is 17.2. The topological polar surface area (TPSA) is 131 Å². The molecule has 1 saturated heterocycles. The Kier molecular flexibility index (Phi) is 7.42. The molecule has 3 aliphatic rings. The minimum Gasteiger partial charge on any atom is -0.339 e.